The smallest absolute Gasteiger partial charge is 0.240 e. The van der Waals surface area contributed by atoms with Crippen LogP contribution in [0.15, 0.2) is 53.4 Å². The zero-order valence-electron chi connectivity index (χ0n) is 13.0. The molecule has 2 rings (SSSR count). The van der Waals surface area contributed by atoms with Gasteiger partial charge in [0.25, 0.3) is 0 Å². The topological polar surface area (TPSA) is 66.4 Å². The van der Waals surface area contributed by atoms with Crippen molar-refractivity contribution >= 4 is 10.0 Å². The molecule has 0 spiro atoms. The van der Waals surface area contributed by atoms with E-state index in [1.165, 1.54) is 24.3 Å². The summed E-state index contributed by atoms with van der Waals surface area (Å²) in [5, 5.41) is 9.99. The number of benzene rings is 2. The second kappa shape index (κ2) is 7.21. The van der Waals surface area contributed by atoms with Gasteiger partial charge in [-0.15, -0.1) is 0 Å². The van der Waals surface area contributed by atoms with E-state index in [0.29, 0.717) is 0 Å². The molecule has 0 saturated carbocycles. The molecule has 0 bridgehead atoms. The summed E-state index contributed by atoms with van der Waals surface area (Å²) >= 11 is 0. The van der Waals surface area contributed by atoms with Crippen LogP contribution in [0.5, 0.6) is 0 Å². The molecule has 2 N–H and O–H groups in total. The first-order valence-corrected chi connectivity index (χ1v) is 8.81. The van der Waals surface area contributed by atoms with Crippen molar-refractivity contribution in [3.63, 3.8) is 0 Å². The van der Waals surface area contributed by atoms with Gasteiger partial charge in [-0.2, -0.15) is 0 Å². The molecule has 0 aliphatic rings. The molecule has 1 atom stereocenters. The highest BCUT2D eigenvalue weighted by atomic mass is 32.2. The van der Waals surface area contributed by atoms with Crippen LogP contribution in [0.4, 0.5) is 4.39 Å². The molecule has 0 amide bonds. The van der Waals surface area contributed by atoms with E-state index in [-0.39, 0.29) is 22.9 Å². The Balaban J connectivity index is 2.13. The minimum Gasteiger partial charge on any atom is -0.387 e. The van der Waals surface area contributed by atoms with Gasteiger partial charge in [0.15, 0.2) is 0 Å². The second-order valence-electron chi connectivity index (χ2n) is 5.62. The van der Waals surface area contributed by atoms with Gasteiger partial charge in [-0.3, -0.25) is 0 Å². The van der Waals surface area contributed by atoms with E-state index in [9.17, 15) is 17.9 Å². The van der Waals surface area contributed by atoms with Crippen LogP contribution in [0.3, 0.4) is 0 Å². The number of nitrogens with one attached hydrogen (secondary N) is 1. The molecular formula is C17H20FNO3S. The monoisotopic (exact) mass is 337 g/mol. The van der Waals surface area contributed by atoms with Crippen molar-refractivity contribution in [2.75, 3.05) is 6.54 Å². The van der Waals surface area contributed by atoms with E-state index in [4.69, 9.17) is 0 Å². The number of rotatable bonds is 6. The van der Waals surface area contributed by atoms with E-state index in [1.54, 1.807) is 18.2 Å². The molecule has 0 saturated heterocycles. The van der Waals surface area contributed by atoms with Crippen molar-refractivity contribution in [2.45, 2.75) is 30.8 Å². The minimum atomic E-state index is -3.76. The molecule has 0 aromatic heterocycles. The lowest BCUT2D eigenvalue weighted by Crippen LogP contribution is -2.29. The molecule has 0 aliphatic heterocycles. The van der Waals surface area contributed by atoms with Crippen molar-refractivity contribution in [3.05, 3.63) is 65.5 Å². The Hall–Kier alpha value is -1.76. The predicted octanol–water partition coefficient (Wildman–Crippen LogP) is 2.96. The molecular weight excluding hydrogens is 317 g/mol. The van der Waals surface area contributed by atoms with Crippen molar-refractivity contribution < 1.29 is 17.9 Å². The maximum absolute atomic E-state index is 13.6. The third-order valence-electron chi connectivity index (χ3n) is 3.57. The summed E-state index contributed by atoms with van der Waals surface area (Å²) in [5.41, 5.74) is 0.966. The summed E-state index contributed by atoms with van der Waals surface area (Å²) in [6.45, 7) is 3.65. The third kappa shape index (κ3) is 4.37. The van der Waals surface area contributed by atoms with Crippen LogP contribution >= 0.6 is 0 Å². The molecule has 2 aromatic carbocycles. The SMILES string of the molecule is CC(C)c1cccc(S(=O)(=O)NCC(O)c2ccccc2F)c1. The number of aliphatic hydroxyl groups is 1. The van der Waals surface area contributed by atoms with Crippen molar-refractivity contribution in [1.29, 1.82) is 0 Å². The zero-order valence-corrected chi connectivity index (χ0v) is 13.8. The number of hydrogen-bond donors (Lipinski definition) is 2. The molecule has 4 nitrogen and oxygen atoms in total. The van der Waals surface area contributed by atoms with E-state index in [1.807, 2.05) is 19.9 Å². The van der Waals surface area contributed by atoms with Crippen LogP contribution in [-0.4, -0.2) is 20.1 Å². The van der Waals surface area contributed by atoms with Gasteiger partial charge in [-0.1, -0.05) is 44.2 Å². The largest absolute Gasteiger partial charge is 0.387 e. The highest BCUT2D eigenvalue weighted by molar-refractivity contribution is 7.89. The Bertz CT molecular complexity index is 775. The van der Waals surface area contributed by atoms with Gasteiger partial charge in [-0.25, -0.2) is 17.5 Å². The Kier molecular flexibility index (Phi) is 5.51. The van der Waals surface area contributed by atoms with Gasteiger partial charge >= 0.3 is 0 Å². The molecule has 1 unspecified atom stereocenters. The second-order valence-corrected chi connectivity index (χ2v) is 7.38. The lowest BCUT2D eigenvalue weighted by Gasteiger charge is -2.14. The van der Waals surface area contributed by atoms with E-state index in [0.717, 1.165) is 5.56 Å². The molecule has 0 heterocycles. The highest BCUT2D eigenvalue weighted by Gasteiger charge is 2.19. The van der Waals surface area contributed by atoms with Gasteiger partial charge in [-0.05, 0) is 29.7 Å². The molecule has 0 radical (unpaired) electrons. The molecule has 23 heavy (non-hydrogen) atoms. The van der Waals surface area contributed by atoms with E-state index >= 15 is 0 Å². The first-order chi connectivity index (χ1) is 10.8. The number of hydrogen-bond acceptors (Lipinski definition) is 3. The van der Waals surface area contributed by atoms with Gasteiger partial charge in [0.1, 0.15) is 5.82 Å². The fourth-order valence-corrected chi connectivity index (χ4v) is 3.26. The molecule has 0 fully saturated rings. The Morgan fingerprint density at radius 2 is 1.83 bits per heavy atom. The van der Waals surface area contributed by atoms with Gasteiger partial charge in [0.05, 0.1) is 11.0 Å². The van der Waals surface area contributed by atoms with Crippen molar-refractivity contribution in [2.24, 2.45) is 0 Å². The fourth-order valence-electron chi connectivity index (χ4n) is 2.17. The highest BCUT2D eigenvalue weighted by Crippen LogP contribution is 2.20. The first-order valence-electron chi connectivity index (χ1n) is 7.33. The molecule has 6 heteroatoms. The minimum absolute atomic E-state index is 0.0612. The van der Waals surface area contributed by atoms with Crippen LogP contribution in [0.2, 0.25) is 0 Å². The summed E-state index contributed by atoms with van der Waals surface area (Å²) in [4.78, 5) is 0.129. The van der Waals surface area contributed by atoms with Crippen LogP contribution in [0, 0.1) is 5.82 Å². The van der Waals surface area contributed by atoms with E-state index < -0.39 is 21.9 Å². The average molecular weight is 337 g/mol. The predicted molar refractivity (Wildman–Crippen MR) is 87.1 cm³/mol. The standard InChI is InChI=1S/C17H20FNO3S/c1-12(2)13-6-5-7-14(10-13)23(21,22)19-11-17(20)15-8-3-4-9-16(15)18/h3-10,12,17,19-20H,11H2,1-2H3. The normalized spacial score (nSPS) is 13.3. The van der Waals surface area contributed by atoms with Crippen LogP contribution in [0.1, 0.15) is 37.0 Å². The molecule has 2 aromatic rings. The Morgan fingerprint density at radius 3 is 2.48 bits per heavy atom. The van der Waals surface area contributed by atoms with Crippen molar-refractivity contribution in [3.8, 4) is 0 Å². The van der Waals surface area contributed by atoms with Crippen molar-refractivity contribution in [1.82, 2.24) is 4.72 Å². The van der Waals surface area contributed by atoms with Crippen LogP contribution < -0.4 is 4.72 Å². The molecule has 0 aliphatic carbocycles. The fraction of sp³-hybridized carbons (Fsp3) is 0.294. The van der Waals surface area contributed by atoms with Crippen LogP contribution in [-0.2, 0) is 10.0 Å². The van der Waals surface area contributed by atoms with Gasteiger partial charge < -0.3 is 5.11 Å². The zero-order chi connectivity index (χ0) is 17.0. The average Bonchev–Trinajstić information content (AvgIpc) is 2.53. The van der Waals surface area contributed by atoms with Gasteiger partial charge in [0, 0.05) is 12.1 Å². The maximum Gasteiger partial charge on any atom is 0.240 e. The number of halogens is 1. The summed E-state index contributed by atoms with van der Waals surface area (Å²) in [6.07, 6.45) is -1.25. The molecule has 124 valence electrons. The summed E-state index contributed by atoms with van der Waals surface area (Å²) in [6, 6.07) is 12.4. The lowest BCUT2D eigenvalue weighted by atomic mass is 10.0. The summed E-state index contributed by atoms with van der Waals surface area (Å²) < 4.78 is 40.5. The Morgan fingerprint density at radius 1 is 1.13 bits per heavy atom. The summed E-state index contributed by atoms with van der Waals surface area (Å²) in [7, 11) is -3.76. The maximum atomic E-state index is 13.6. The lowest BCUT2D eigenvalue weighted by molar-refractivity contribution is 0.177. The first kappa shape index (κ1) is 17.6. The number of sulfonamides is 1. The summed E-state index contributed by atoms with van der Waals surface area (Å²) in [5.74, 6) is -0.366. The quantitative estimate of drug-likeness (QED) is 0.852. The number of aliphatic hydroxyl groups excluding tert-OH is 1. The van der Waals surface area contributed by atoms with Crippen LogP contribution in [0.25, 0.3) is 0 Å². The third-order valence-corrected chi connectivity index (χ3v) is 4.99. The van der Waals surface area contributed by atoms with E-state index in [2.05, 4.69) is 4.72 Å². The Labute approximate surface area is 136 Å². The van der Waals surface area contributed by atoms with Gasteiger partial charge in [0.2, 0.25) is 10.0 Å².